The van der Waals surface area contributed by atoms with E-state index in [1.165, 1.54) is 11.8 Å². The lowest BCUT2D eigenvalue weighted by Gasteiger charge is -2.16. The molecule has 2 aromatic carbocycles. The summed E-state index contributed by atoms with van der Waals surface area (Å²) in [6.45, 7) is 1.96. The van der Waals surface area contributed by atoms with Gasteiger partial charge in [-0.05, 0) is 30.7 Å². The van der Waals surface area contributed by atoms with Gasteiger partial charge in [0.2, 0.25) is 0 Å². The van der Waals surface area contributed by atoms with Crippen molar-refractivity contribution in [2.45, 2.75) is 6.92 Å². The van der Waals surface area contributed by atoms with Crippen LogP contribution in [0.3, 0.4) is 0 Å². The first-order chi connectivity index (χ1) is 12.1. The molecule has 1 aliphatic rings. The van der Waals surface area contributed by atoms with Crippen molar-refractivity contribution in [1.29, 1.82) is 0 Å². The zero-order valence-corrected chi connectivity index (χ0v) is 15.7. The van der Waals surface area contributed by atoms with Crippen molar-refractivity contribution in [2.24, 2.45) is 0 Å². The summed E-state index contributed by atoms with van der Waals surface area (Å²) < 4.78 is 11.3. The Kier molecular flexibility index (Phi) is 5.11. The lowest BCUT2D eigenvalue weighted by molar-refractivity contribution is -0.113. The predicted molar refractivity (Wildman–Crippen MR) is 106 cm³/mol. The Morgan fingerprint density at radius 1 is 1.08 bits per heavy atom. The van der Waals surface area contributed by atoms with Crippen molar-refractivity contribution in [3.8, 4) is 11.5 Å². The van der Waals surface area contributed by atoms with Gasteiger partial charge in [-0.2, -0.15) is 0 Å². The normalized spacial score (nSPS) is 15.8. The number of anilines is 1. The number of ether oxygens (including phenoxy) is 2. The largest absolute Gasteiger partial charge is 0.493 e. The van der Waals surface area contributed by atoms with Crippen LogP contribution in [0, 0.1) is 6.92 Å². The molecule has 1 aliphatic heterocycles. The monoisotopic (exact) mass is 371 g/mol. The van der Waals surface area contributed by atoms with E-state index in [1.807, 2.05) is 49.4 Å². The first kappa shape index (κ1) is 17.5. The van der Waals surface area contributed by atoms with E-state index in [0.717, 1.165) is 16.8 Å². The molecule has 6 heteroatoms. The molecule has 2 aromatic rings. The van der Waals surface area contributed by atoms with Gasteiger partial charge >= 0.3 is 0 Å². The van der Waals surface area contributed by atoms with Crippen LogP contribution in [0.4, 0.5) is 5.69 Å². The number of hydrogen-bond acceptors (Lipinski definition) is 5. The minimum absolute atomic E-state index is 0.130. The maximum absolute atomic E-state index is 12.9. The van der Waals surface area contributed by atoms with Crippen molar-refractivity contribution in [2.75, 3.05) is 19.1 Å². The molecule has 25 heavy (non-hydrogen) atoms. The third-order valence-electron chi connectivity index (χ3n) is 3.87. The van der Waals surface area contributed by atoms with Crippen LogP contribution in [0.15, 0.2) is 47.4 Å². The minimum atomic E-state index is -0.130. The molecule has 0 N–H and O–H groups in total. The summed E-state index contributed by atoms with van der Waals surface area (Å²) in [5, 5.41) is 0. The quantitative estimate of drug-likeness (QED) is 0.588. The standard InChI is InChI=1S/C19H17NO3S2/c1-12-7-4-5-9-14(12)20-18(21)16(25-19(20)24)11-13-8-6-10-15(22-2)17(13)23-3/h4-11H,1-3H3. The fourth-order valence-corrected chi connectivity index (χ4v) is 3.93. The van der Waals surface area contributed by atoms with Crippen molar-refractivity contribution >= 4 is 46.0 Å². The van der Waals surface area contributed by atoms with Crippen LogP contribution in [-0.2, 0) is 4.79 Å². The third-order valence-corrected chi connectivity index (χ3v) is 5.17. The number of amides is 1. The molecule has 0 aliphatic carbocycles. The number of carbonyl (C=O) groups excluding carboxylic acids is 1. The van der Waals surface area contributed by atoms with E-state index >= 15 is 0 Å². The SMILES string of the molecule is COc1cccc(C=C2SC(=S)N(c3ccccc3C)C2=O)c1OC. The topological polar surface area (TPSA) is 38.8 Å². The zero-order chi connectivity index (χ0) is 18.0. The van der Waals surface area contributed by atoms with E-state index in [2.05, 4.69) is 0 Å². The summed E-state index contributed by atoms with van der Waals surface area (Å²) >= 11 is 6.72. The minimum Gasteiger partial charge on any atom is -0.493 e. The summed E-state index contributed by atoms with van der Waals surface area (Å²) in [7, 11) is 3.16. The predicted octanol–water partition coefficient (Wildman–Crippen LogP) is 4.42. The van der Waals surface area contributed by atoms with E-state index < -0.39 is 0 Å². The molecule has 0 unspecified atom stereocenters. The van der Waals surface area contributed by atoms with Gasteiger partial charge < -0.3 is 9.47 Å². The molecule has 3 rings (SSSR count). The first-order valence-corrected chi connectivity index (χ1v) is 8.84. The summed E-state index contributed by atoms with van der Waals surface area (Å²) in [5.41, 5.74) is 2.58. The smallest absolute Gasteiger partial charge is 0.270 e. The van der Waals surface area contributed by atoms with Crippen LogP contribution in [-0.4, -0.2) is 24.4 Å². The van der Waals surface area contributed by atoms with Crippen LogP contribution in [0.25, 0.3) is 6.08 Å². The lowest BCUT2D eigenvalue weighted by atomic mass is 10.1. The number of rotatable bonds is 4. The van der Waals surface area contributed by atoms with Gasteiger partial charge in [0.25, 0.3) is 5.91 Å². The summed E-state index contributed by atoms with van der Waals surface area (Å²) in [6, 6.07) is 13.2. The van der Waals surface area contributed by atoms with Crippen LogP contribution in [0.1, 0.15) is 11.1 Å². The fraction of sp³-hybridized carbons (Fsp3) is 0.158. The highest BCUT2D eigenvalue weighted by molar-refractivity contribution is 8.27. The fourth-order valence-electron chi connectivity index (χ4n) is 2.66. The molecule has 4 nitrogen and oxygen atoms in total. The summed E-state index contributed by atoms with van der Waals surface area (Å²) in [6.07, 6.45) is 1.79. The van der Waals surface area contributed by atoms with Gasteiger partial charge in [-0.25, -0.2) is 0 Å². The molecule has 1 fully saturated rings. The zero-order valence-electron chi connectivity index (χ0n) is 14.1. The Labute approximate surface area is 156 Å². The maximum atomic E-state index is 12.9. The second-order valence-electron chi connectivity index (χ2n) is 5.39. The van der Waals surface area contributed by atoms with Gasteiger partial charge in [0.05, 0.1) is 24.8 Å². The van der Waals surface area contributed by atoms with E-state index in [4.69, 9.17) is 21.7 Å². The van der Waals surface area contributed by atoms with Crippen molar-refractivity contribution in [3.63, 3.8) is 0 Å². The van der Waals surface area contributed by atoms with Gasteiger partial charge in [0.15, 0.2) is 15.8 Å². The Balaban J connectivity index is 2.01. The molecular weight excluding hydrogens is 354 g/mol. The number of carbonyl (C=O) groups is 1. The van der Waals surface area contributed by atoms with Gasteiger partial charge in [0, 0.05) is 5.56 Å². The van der Waals surface area contributed by atoms with Crippen molar-refractivity contribution in [1.82, 2.24) is 0 Å². The van der Waals surface area contributed by atoms with Gasteiger partial charge in [0.1, 0.15) is 0 Å². The molecule has 0 radical (unpaired) electrons. The number of thiocarbonyl (C=S) groups is 1. The van der Waals surface area contributed by atoms with Gasteiger partial charge in [-0.15, -0.1) is 0 Å². The number of methoxy groups -OCH3 is 2. The lowest BCUT2D eigenvalue weighted by Crippen LogP contribution is -2.28. The van der Waals surface area contributed by atoms with Crippen LogP contribution >= 0.6 is 24.0 Å². The molecule has 0 saturated carbocycles. The Bertz CT molecular complexity index is 877. The van der Waals surface area contributed by atoms with Gasteiger partial charge in [-0.1, -0.05) is 54.3 Å². The highest BCUT2D eigenvalue weighted by atomic mass is 32.2. The number of nitrogens with zero attached hydrogens (tertiary/aromatic N) is 1. The van der Waals surface area contributed by atoms with E-state index in [1.54, 1.807) is 25.2 Å². The first-order valence-electron chi connectivity index (χ1n) is 7.61. The number of thioether (sulfide) groups is 1. The van der Waals surface area contributed by atoms with Crippen LogP contribution in [0.5, 0.6) is 11.5 Å². The van der Waals surface area contributed by atoms with Crippen molar-refractivity contribution < 1.29 is 14.3 Å². The molecule has 1 amide bonds. The van der Waals surface area contributed by atoms with Crippen molar-refractivity contribution in [3.05, 3.63) is 58.5 Å². The third kappa shape index (κ3) is 3.27. The average molecular weight is 371 g/mol. The second-order valence-corrected chi connectivity index (χ2v) is 7.06. The number of aryl methyl sites for hydroxylation is 1. The second kappa shape index (κ2) is 7.29. The molecule has 0 atom stereocenters. The molecule has 128 valence electrons. The molecule has 0 bridgehead atoms. The molecular formula is C19H17NO3S2. The highest BCUT2D eigenvalue weighted by Crippen LogP contribution is 2.39. The number of benzene rings is 2. The van der Waals surface area contributed by atoms with Gasteiger partial charge in [-0.3, -0.25) is 9.69 Å². The number of para-hydroxylation sites is 2. The van der Waals surface area contributed by atoms with Crippen LogP contribution in [0.2, 0.25) is 0 Å². The Hall–Kier alpha value is -2.31. The average Bonchev–Trinajstić information content (AvgIpc) is 2.89. The number of hydrogen-bond donors (Lipinski definition) is 0. The Morgan fingerprint density at radius 2 is 1.84 bits per heavy atom. The molecule has 0 aromatic heterocycles. The van der Waals surface area contributed by atoms with E-state index in [9.17, 15) is 4.79 Å². The summed E-state index contributed by atoms with van der Waals surface area (Å²) in [4.78, 5) is 15.0. The summed E-state index contributed by atoms with van der Waals surface area (Å²) in [5.74, 6) is 1.07. The molecule has 1 saturated heterocycles. The van der Waals surface area contributed by atoms with E-state index in [-0.39, 0.29) is 5.91 Å². The van der Waals surface area contributed by atoms with E-state index in [0.29, 0.717) is 20.7 Å². The Morgan fingerprint density at radius 3 is 2.52 bits per heavy atom. The maximum Gasteiger partial charge on any atom is 0.270 e. The van der Waals surface area contributed by atoms with Crippen LogP contribution < -0.4 is 14.4 Å². The molecule has 1 heterocycles. The highest BCUT2D eigenvalue weighted by Gasteiger charge is 2.34. The molecule has 0 spiro atoms.